The lowest BCUT2D eigenvalue weighted by Crippen LogP contribution is -2.45. The summed E-state index contributed by atoms with van der Waals surface area (Å²) in [5.74, 6) is 0.192. The molecule has 2 amide bonds. The Bertz CT molecular complexity index is 1200. The van der Waals surface area contributed by atoms with E-state index in [0.29, 0.717) is 17.7 Å². The first kappa shape index (κ1) is 25.5. The molecule has 0 aliphatic carbocycles. The number of hydrogen-bond donors (Lipinski definition) is 2. The molecule has 0 spiro atoms. The van der Waals surface area contributed by atoms with E-state index < -0.39 is 5.60 Å². The first-order chi connectivity index (χ1) is 17.1. The van der Waals surface area contributed by atoms with Gasteiger partial charge in [-0.25, -0.2) is 0 Å². The molecule has 0 bridgehead atoms. The van der Waals surface area contributed by atoms with Crippen molar-refractivity contribution in [3.8, 4) is 5.75 Å². The van der Waals surface area contributed by atoms with Gasteiger partial charge in [0.15, 0.2) is 0 Å². The van der Waals surface area contributed by atoms with Crippen molar-refractivity contribution in [2.45, 2.75) is 51.7 Å². The molecule has 0 saturated heterocycles. The van der Waals surface area contributed by atoms with Gasteiger partial charge in [-0.05, 0) is 81.1 Å². The number of nitrogens with zero attached hydrogens (tertiary/aromatic N) is 1. The second-order valence-corrected chi connectivity index (χ2v) is 10.2. The number of hydrogen-bond acceptors (Lipinski definition) is 4. The number of nitrogens with one attached hydrogen (secondary N) is 1. The summed E-state index contributed by atoms with van der Waals surface area (Å²) in [5, 5.41) is 12.9. The number of amides is 2. The summed E-state index contributed by atoms with van der Waals surface area (Å²) in [7, 11) is 0. The maximum Gasteiger partial charge on any atom is 0.258 e. The fraction of sp³-hybridized carbons (Fsp3) is 0.333. The highest BCUT2D eigenvalue weighted by molar-refractivity contribution is 6.07. The van der Waals surface area contributed by atoms with Gasteiger partial charge in [-0.2, -0.15) is 0 Å². The summed E-state index contributed by atoms with van der Waals surface area (Å²) in [6.45, 7) is 7.51. The molecule has 0 saturated carbocycles. The Labute approximate surface area is 212 Å². The molecule has 0 aromatic heterocycles. The molecule has 2 N–H and O–H groups in total. The highest BCUT2D eigenvalue weighted by atomic mass is 16.5. The topological polar surface area (TPSA) is 78.9 Å². The van der Waals surface area contributed by atoms with Crippen molar-refractivity contribution in [3.05, 3.63) is 90.0 Å². The Hall–Kier alpha value is -3.64. The lowest BCUT2D eigenvalue weighted by molar-refractivity contribution is -0.120. The Morgan fingerprint density at radius 3 is 2.33 bits per heavy atom. The average Bonchev–Trinajstić information content (AvgIpc) is 2.86. The number of rotatable bonds is 7. The van der Waals surface area contributed by atoms with Crippen molar-refractivity contribution in [3.63, 3.8) is 0 Å². The van der Waals surface area contributed by atoms with E-state index in [1.165, 1.54) is 0 Å². The van der Waals surface area contributed by atoms with Gasteiger partial charge in [-0.1, -0.05) is 43.3 Å². The van der Waals surface area contributed by atoms with Crippen LogP contribution in [0.4, 0.5) is 11.4 Å². The van der Waals surface area contributed by atoms with Gasteiger partial charge in [0.2, 0.25) is 5.91 Å². The molecule has 1 heterocycles. The predicted octanol–water partition coefficient (Wildman–Crippen LogP) is 5.63. The largest absolute Gasteiger partial charge is 0.491 e. The van der Waals surface area contributed by atoms with E-state index >= 15 is 0 Å². The standard InChI is InChI=1S/C30H34N2O4/c1-20-18-26(21(2)28(33)31-23-10-6-5-7-11-23)25-12-8-9-13-27(25)32(20)29(34)22-14-16-24(17-15-22)36-19-30(3,4)35/h5-17,20-21,26,35H,18-19H2,1-4H3,(H,31,33). The Kier molecular flexibility index (Phi) is 7.45. The van der Waals surface area contributed by atoms with Crippen molar-refractivity contribution < 1.29 is 19.4 Å². The zero-order valence-electron chi connectivity index (χ0n) is 21.3. The monoisotopic (exact) mass is 486 g/mol. The van der Waals surface area contributed by atoms with Crippen molar-refractivity contribution in [1.29, 1.82) is 0 Å². The van der Waals surface area contributed by atoms with Crippen LogP contribution in [0.2, 0.25) is 0 Å². The summed E-state index contributed by atoms with van der Waals surface area (Å²) in [6, 6.07) is 24.2. The molecule has 6 heteroatoms. The number of aliphatic hydroxyl groups is 1. The van der Waals surface area contributed by atoms with Gasteiger partial charge in [0.1, 0.15) is 12.4 Å². The summed E-state index contributed by atoms with van der Waals surface area (Å²) < 4.78 is 5.62. The van der Waals surface area contributed by atoms with Crippen LogP contribution in [-0.2, 0) is 4.79 Å². The normalized spacial score (nSPS) is 18.2. The van der Waals surface area contributed by atoms with E-state index in [1.54, 1.807) is 38.1 Å². The number of para-hydroxylation sites is 2. The lowest BCUT2D eigenvalue weighted by atomic mass is 9.78. The second-order valence-electron chi connectivity index (χ2n) is 10.2. The van der Waals surface area contributed by atoms with Crippen LogP contribution in [0.5, 0.6) is 5.75 Å². The fourth-order valence-corrected chi connectivity index (χ4v) is 4.69. The van der Waals surface area contributed by atoms with E-state index in [0.717, 1.165) is 16.9 Å². The molecular weight excluding hydrogens is 452 g/mol. The van der Waals surface area contributed by atoms with E-state index in [2.05, 4.69) is 5.32 Å². The minimum absolute atomic E-state index is 0.0124. The fourth-order valence-electron chi connectivity index (χ4n) is 4.69. The summed E-state index contributed by atoms with van der Waals surface area (Å²) in [5.41, 5.74) is 2.24. The van der Waals surface area contributed by atoms with Crippen molar-refractivity contribution in [1.82, 2.24) is 0 Å². The Balaban J connectivity index is 1.54. The van der Waals surface area contributed by atoms with Gasteiger partial charge in [-0.3, -0.25) is 9.59 Å². The molecule has 3 unspecified atom stereocenters. The molecule has 3 aromatic carbocycles. The first-order valence-corrected chi connectivity index (χ1v) is 12.4. The summed E-state index contributed by atoms with van der Waals surface area (Å²) in [4.78, 5) is 28.5. The number of carbonyl (C=O) groups excluding carboxylic acids is 2. The minimum atomic E-state index is -0.937. The molecule has 1 aliphatic rings. The van der Waals surface area contributed by atoms with Gasteiger partial charge in [-0.15, -0.1) is 0 Å². The maximum atomic E-state index is 13.6. The molecule has 6 nitrogen and oxygen atoms in total. The van der Waals surface area contributed by atoms with Crippen LogP contribution in [0, 0.1) is 5.92 Å². The molecule has 4 rings (SSSR count). The molecular formula is C30H34N2O4. The Morgan fingerprint density at radius 2 is 1.67 bits per heavy atom. The third-order valence-corrected chi connectivity index (χ3v) is 6.60. The Morgan fingerprint density at radius 1 is 1.03 bits per heavy atom. The molecule has 36 heavy (non-hydrogen) atoms. The first-order valence-electron chi connectivity index (χ1n) is 12.4. The predicted molar refractivity (Wildman–Crippen MR) is 143 cm³/mol. The van der Waals surface area contributed by atoms with Crippen LogP contribution in [0.25, 0.3) is 0 Å². The number of ether oxygens (including phenoxy) is 1. The zero-order chi connectivity index (χ0) is 25.9. The van der Waals surface area contributed by atoms with E-state index in [1.807, 2.05) is 73.3 Å². The van der Waals surface area contributed by atoms with Crippen LogP contribution in [0.15, 0.2) is 78.9 Å². The molecule has 3 atom stereocenters. The van der Waals surface area contributed by atoms with Crippen LogP contribution >= 0.6 is 0 Å². The highest BCUT2D eigenvalue weighted by Crippen LogP contribution is 2.43. The van der Waals surface area contributed by atoms with Gasteiger partial charge >= 0.3 is 0 Å². The van der Waals surface area contributed by atoms with Crippen molar-refractivity contribution in [2.24, 2.45) is 5.92 Å². The number of fused-ring (bicyclic) bond motifs is 1. The number of benzene rings is 3. The van der Waals surface area contributed by atoms with Crippen molar-refractivity contribution in [2.75, 3.05) is 16.8 Å². The van der Waals surface area contributed by atoms with E-state index in [-0.39, 0.29) is 36.3 Å². The SMILES string of the molecule is CC(C(=O)Nc1ccccc1)C1CC(C)N(C(=O)c2ccc(OCC(C)(C)O)cc2)c2ccccc21. The third kappa shape index (κ3) is 5.77. The van der Waals surface area contributed by atoms with E-state index in [4.69, 9.17) is 4.74 Å². The maximum absolute atomic E-state index is 13.6. The smallest absolute Gasteiger partial charge is 0.258 e. The average molecular weight is 487 g/mol. The van der Waals surface area contributed by atoms with E-state index in [9.17, 15) is 14.7 Å². The number of carbonyl (C=O) groups is 2. The molecule has 188 valence electrons. The summed E-state index contributed by atoms with van der Waals surface area (Å²) in [6.07, 6.45) is 0.679. The molecule has 1 aliphatic heterocycles. The van der Waals surface area contributed by atoms with Crippen molar-refractivity contribution >= 4 is 23.2 Å². The molecule has 0 radical (unpaired) electrons. The summed E-state index contributed by atoms with van der Waals surface area (Å²) >= 11 is 0. The van der Waals surface area contributed by atoms with Gasteiger partial charge < -0.3 is 20.1 Å². The minimum Gasteiger partial charge on any atom is -0.491 e. The van der Waals surface area contributed by atoms with Gasteiger partial charge in [0.05, 0.1) is 5.60 Å². The quantitative estimate of drug-likeness (QED) is 0.453. The highest BCUT2D eigenvalue weighted by Gasteiger charge is 2.38. The lowest BCUT2D eigenvalue weighted by Gasteiger charge is -2.41. The molecule has 3 aromatic rings. The van der Waals surface area contributed by atoms with Crippen LogP contribution in [0.3, 0.4) is 0 Å². The second kappa shape index (κ2) is 10.5. The number of anilines is 2. The molecule has 0 fully saturated rings. The third-order valence-electron chi connectivity index (χ3n) is 6.60. The van der Waals surface area contributed by atoms with Crippen LogP contribution in [-0.4, -0.2) is 35.2 Å². The van der Waals surface area contributed by atoms with Crippen LogP contribution < -0.4 is 15.0 Å². The van der Waals surface area contributed by atoms with Crippen LogP contribution in [0.1, 0.15) is 56.0 Å². The van der Waals surface area contributed by atoms with Gasteiger partial charge in [0.25, 0.3) is 5.91 Å². The zero-order valence-corrected chi connectivity index (χ0v) is 21.3. The van der Waals surface area contributed by atoms with Gasteiger partial charge in [0, 0.05) is 28.9 Å².